The number of rotatable bonds is 7. The van der Waals surface area contributed by atoms with Gasteiger partial charge in [0, 0.05) is 17.6 Å². The van der Waals surface area contributed by atoms with E-state index in [0.717, 1.165) is 33.6 Å². The summed E-state index contributed by atoms with van der Waals surface area (Å²) in [5.74, 6) is -0.514. The van der Waals surface area contributed by atoms with Crippen LogP contribution in [0.25, 0.3) is 5.57 Å². The van der Waals surface area contributed by atoms with Gasteiger partial charge in [-0.2, -0.15) is 0 Å². The van der Waals surface area contributed by atoms with Gasteiger partial charge in [-0.05, 0) is 85.0 Å². The fraction of sp³-hybridized carbons (Fsp3) is 0.111. The summed E-state index contributed by atoms with van der Waals surface area (Å²) in [4.78, 5) is 1.95. The quantitative estimate of drug-likeness (QED) is 0.366. The molecule has 0 radical (unpaired) electrons. The molecule has 0 aliphatic rings. The smallest absolute Gasteiger partial charge is 0.123 e. The van der Waals surface area contributed by atoms with Gasteiger partial charge in [0.25, 0.3) is 0 Å². The highest BCUT2D eigenvalue weighted by Crippen LogP contribution is 2.32. The van der Waals surface area contributed by atoms with E-state index in [1.807, 2.05) is 43.0 Å². The first-order chi connectivity index (χ1) is 14.5. The van der Waals surface area contributed by atoms with Crippen molar-refractivity contribution in [3.05, 3.63) is 126 Å². The van der Waals surface area contributed by atoms with Crippen molar-refractivity contribution in [1.29, 1.82) is 0 Å². The zero-order chi connectivity index (χ0) is 21.5. The number of benzene rings is 3. The SMILES string of the molecule is C=CN(c1ccc(F)cc1)c1cc(/C(=C/C=C\C)Cc2ccc(F)cc2)ccc1C. The van der Waals surface area contributed by atoms with Crippen molar-refractivity contribution in [2.45, 2.75) is 20.3 Å². The average molecular weight is 402 g/mol. The third-order valence-corrected chi connectivity index (χ3v) is 4.92. The van der Waals surface area contributed by atoms with Gasteiger partial charge in [-0.3, -0.25) is 0 Å². The van der Waals surface area contributed by atoms with Crippen molar-refractivity contribution in [3.63, 3.8) is 0 Å². The molecule has 0 bridgehead atoms. The van der Waals surface area contributed by atoms with Crippen LogP contribution >= 0.6 is 0 Å². The maximum absolute atomic E-state index is 13.4. The zero-order valence-electron chi connectivity index (χ0n) is 17.3. The molecule has 0 aliphatic heterocycles. The summed E-state index contributed by atoms with van der Waals surface area (Å²) in [5.41, 5.74) is 6.10. The molecular formula is C27H25F2N. The molecule has 0 heterocycles. The fourth-order valence-corrected chi connectivity index (χ4v) is 3.30. The lowest BCUT2D eigenvalue weighted by Gasteiger charge is -2.23. The molecule has 0 atom stereocenters. The highest BCUT2D eigenvalue weighted by molar-refractivity contribution is 5.76. The molecule has 0 N–H and O–H groups in total. The Labute approximate surface area is 177 Å². The normalized spacial score (nSPS) is 11.7. The van der Waals surface area contributed by atoms with E-state index in [1.165, 1.54) is 24.3 Å². The highest BCUT2D eigenvalue weighted by atomic mass is 19.1. The van der Waals surface area contributed by atoms with Gasteiger partial charge in [-0.25, -0.2) is 8.78 Å². The Morgan fingerprint density at radius 2 is 1.57 bits per heavy atom. The molecule has 30 heavy (non-hydrogen) atoms. The third kappa shape index (κ3) is 5.12. The first-order valence-electron chi connectivity index (χ1n) is 9.86. The lowest BCUT2D eigenvalue weighted by molar-refractivity contribution is 0.627. The lowest BCUT2D eigenvalue weighted by Crippen LogP contribution is -2.10. The van der Waals surface area contributed by atoms with Crippen LogP contribution in [0, 0.1) is 18.6 Å². The van der Waals surface area contributed by atoms with Crippen LogP contribution in [0.1, 0.15) is 23.6 Å². The van der Waals surface area contributed by atoms with Crippen molar-refractivity contribution >= 4 is 16.9 Å². The Hall–Kier alpha value is -3.46. The van der Waals surface area contributed by atoms with Gasteiger partial charge >= 0.3 is 0 Å². The Kier molecular flexibility index (Phi) is 6.97. The molecule has 3 rings (SSSR count). The van der Waals surface area contributed by atoms with Crippen molar-refractivity contribution in [2.24, 2.45) is 0 Å². The second-order valence-corrected chi connectivity index (χ2v) is 7.05. The molecule has 3 aromatic rings. The van der Waals surface area contributed by atoms with Crippen LogP contribution in [0.15, 0.2) is 97.7 Å². The topological polar surface area (TPSA) is 3.24 Å². The number of hydrogen-bond acceptors (Lipinski definition) is 1. The fourth-order valence-electron chi connectivity index (χ4n) is 3.30. The monoisotopic (exact) mass is 401 g/mol. The van der Waals surface area contributed by atoms with Crippen molar-refractivity contribution in [1.82, 2.24) is 0 Å². The van der Waals surface area contributed by atoms with Crippen molar-refractivity contribution in [3.8, 4) is 0 Å². The molecule has 152 valence electrons. The molecule has 0 amide bonds. The summed E-state index contributed by atoms with van der Waals surface area (Å²) in [6.45, 7) is 7.96. The van der Waals surface area contributed by atoms with E-state index in [2.05, 4.69) is 30.9 Å². The number of anilines is 2. The Morgan fingerprint density at radius 3 is 2.17 bits per heavy atom. The molecule has 3 aromatic carbocycles. The minimum absolute atomic E-state index is 0.240. The third-order valence-electron chi connectivity index (χ3n) is 4.92. The van der Waals surface area contributed by atoms with Gasteiger partial charge in [0.05, 0.1) is 0 Å². The van der Waals surface area contributed by atoms with Crippen LogP contribution < -0.4 is 4.90 Å². The predicted octanol–water partition coefficient (Wildman–Crippen LogP) is 7.76. The maximum Gasteiger partial charge on any atom is 0.123 e. The van der Waals surface area contributed by atoms with Crippen LogP contribution in [0.4, 0.5) is 20.2 Å². The van der Waals surface area contributed by atoms with E-state index in [0.29, 0.717) is 6.42 Å². The lowest BCUT2D eigenvalue weighted by atomic mass is 9.95. The number of hydrogen-bond donors (Lipinski definition) is 0. The summed E-state index contributed by atoms with van der Waals surface area (Å²) in [5, 5.41) is 0. The Balaban J connectivity index is 2.02. The highest BCUT2D eigenvalue weighted by Gasteiger charge is 2.12. The standard InChI is InChI=1S/C27H25F2N/c1-4-6-7-22(18-21-9-12-24(28)13-10-21)23-11-8-20(3)27(19-23)30(5-2)26-16-14-25(29)15-17-26/h4-17,19H,2,18H2,1,3H3/b6-4-,22-7+. The second kappa shape index (κ2) is 9.84. The van der Waals surface area contributed by atoms with Gasteiger partial charge in [0.1, 0.15) is 11.6 Å². The van der Waals surface area contributed by atoms with Crippen molar-refractivity contribution < 1.29 is 8.78 Å². The second-order valence-electron chi connectivity index (χ2n) is 7.05. The van der Waals surface area contributed by atoms with Gasteiger partial charge < -0.3 is 4.90 Å². The summed E-state index contributed by atoms with van der Waals surface area (Å²) >= 11 is 0. The van der Waals surface area contributed by atoms with E-state index in [1.54, 1.807) is 18.3 Å². The molecule has 0 aliphatic carbocycles. The summed E-state index contributed by atoms with van der Waals surface area (Å²) in [6, 6.07) is 19.2. The number of allylic oxidation sites excluding steroid dienone is 4. The largest absolute Gasteiger partial charge is 0.317 e. The number of aryl methyl sites for hydroxylation is 1. The number of nitrogens with zero attached hydrogens (tertiary/aromatic N) is 1. The van der Waals surface area contributed by atoms with E-state index in [4.69, 9.17) is 0 Å². The van der Waals surface area contributed by atoms with Gasteiger partial charge in [0.15, 0.2) is 0 Å². The van der Waals surface area contributed by atoms with Crippen LogP contribution in [0.5, 0.6) is 0 Å². The van der Waals surface area contributed by atoms with Crippen LogP contribution in [-0.2, 0) is 6.42 Å². The maximum atomic E-state index is 13.4. The van der Waals surface area contributed by atoms with E-state index in [-0.39, 0.29) is 11.6 Å². The summed E-state index contributed by atoms with van der Waals surface area (Å²) < 4.78 is 26.7. The van der Waals surface area contributed by atoms with Gasteiger partial charge in [0.2, 0.25) is 0 Å². The van der Waals surface area contributed by atoms with E-state index < -0.39 is 0 Å². The number of halogens is 2. The zero-order valence-corrected chi connectivity index (χ0v) is 17.3. The van der Waals surface area contributed by atoms with E-state index >= 15 is 0 Å². The van der Waals surface area contributed by atoms with Gasteiger partial charge in [-0.1, -0.05) is 49.1 Å². The molecule has 0 saturated heterocycles. The average Bonchev–Trinajstić information content (AvgIpc) is 2.75. The molecule has 0 saturated carbocycles. The first-order valence-corrected chi connectivity index (χ1v) is 9.86. The van der Waals surface area contributed by atoms with Crippen molar-refractivity contribution in [2.75, 3.05) is 4.90 Å². The first kappa shape index (κ1) is 21.3. The molecular weight excluding hydrogens is 376 g/mol. The molecule has 0 aromatic heterocycles. The van der Waals surface area contributed by atoms with Crippen LogP contribution in [-0.4, -0.2) is 0 Å². The van der Waals surface area contributed by atoms with Crippen LogP contribution in [0.3, 0.4) is 0 Å². The molecule has 1 nitrogen and oxygen atoms in total. The Bertz CT molecular complexity index is 1060. The van der Waals surface area contributed by atoms with E-state index in [9.17, 15) is 8.78 Å². The predicted molar refractivity (Wildman–Crippen MR) is 123 cm³/mol. The summed E-state index contributed by atoms with van der Waals surface area (Å²) in [7, 11) is 0. The molecule has 0 fully saturated rings. The molecule has 0 spiro atoms. The molecule has 0 unspecified atom stereocenters. The summed E-state index contributed by atoms with van der Waals surface area (Å²) in [6.07, 6.45) is 8.47. The molecule has 3 heteroatoms. The Morgan fingerprint density at radius 1 is 0.933 bits per heavy atom. The van der Waals surface area contributed by atoms with Crippen LogP contribution in [0.2, 0.25) is 0 Å². The minimum Gasteiger partial charge on any atom is -0.317 e. The van der Waals surface area contributed by atoms with Gasteiger partial charge in [-0.15, -0.1) is 0 Å². The minimum atomic E-state index is -0.274.